The average molecular weight is 279 g/mol. The Hall–Kier alpha value is -2.14. The van der Waals surface area contributed by atoms with Crippen LogP contribution in [0.2, 0.25) is 5.15 Å². The van der Waals surface area contributed by atoms with Crippen LogP contribution in [0.15, 0.2) is 30.5 Å². The van der Waals surface area contributed by atoms with Crippen molar-refractivity contribution in [2.24, 2.45) is 0 Å². The van der Waals surface area contributed by atoms with Gasteiger partial charge in [-0.25, -0.2) is 4.98 Å². The Morgan fingerprint density at radius 3 is 2.68 bits per heavy atom. The molecule has 0 aliphatic carbocycles. The first-order valence-electron chi connectivity index (χ1n) is 5.53. The highest BCUT2D eigenvalue weighted by Gasteiger charge is 2.19. The van der Waals surface area contributed by atoms with Gasteiger partial charge in [-0.1, -0.05) is 23.7 Å². The summed E-state index contributed by atoms with van der Waals surface area (Å²) in [6.45, 7) is 3.46. The van der Waals surface area contributed by atoms with Gasteiger partial charge in [-0.15, -0.1) is 0 Å². The van der Waals surface area contributed by atoms with Crippen molar-refractivity contribution in [1.82, 2.24) is 4.98 Å². The minimum Gasteiger partial charge on any atom is -0.450 e. The number of nitro benzene ring substituents is 1. The molecule has 0 saturated heterocycles. The number of nitro groups is 1. The molecular weight excluding hydrogens is 268 g/mol. The zero-order valence-electron chi connectivity index (χ0n) is 10.4. The Morgan fingerprint density at radius 1 is 1.26 bits per heavy atom. The SMILES string of the molecule is Cc1cnc(Cl)cc1Oc1cccc(C)c1[N+](=O)[O-]. The molecule has 0 saturated carbocycles. The molecule has 1 aromatic carbocycles. The number of ether oxygens (including phenoxy) is 1. The highest BCUT2D eigenvalue weighted by Crippen LogP contribution is 2.35. The lowest BCUT2D eigenvalue weighted by Crippen LogP contribution is -1.97. The third-order valence-electron chi connectivity index (χ3n) is 2.62. The summed E-state index contributed by atoms with van der Waals surface area (Å²) in [7, 11) is 0. The predicted octanol–water partition coefficient (Wildman–Crippen LogP) is 4.05. The van der Waals surface area contributed by atoms with E-state index in [-0.39, 0.29) is 16.6 Å². The van der Waals surface area contributed by atoms with Gasteiger partial charge >= 0.3 is 5.69 Å². The molecule has 5 nitrogen and oxygen atoms in total. The fourth-order valence-corrected chi connectivity index (χ4v) is 1.81. The van der Waals surface area contributed by atoms with Crippen LogP contribution in [0.3, 0.4) is 0 Å². The predicted molar refractivity (Wildman–Crippen MR) is 71.9 cm³/mol. The zero-order valence-corrected chi connectivity index (χ0v) is 11.1. The molecule has 0 radical (unpaired) electrons. The molecule has 0 atom stereocenters. The monoisotopic (exact) mass is 278 g/mol. The highest BCUT2D eigenvalue weighted by molar-refractivity contribution is 6.29. The summed E-state index contributed by atoms with van der Waals surface area (Å²) in [4.78, 5) is 14.5. The smallest absolute Gasteiger partial charge is 0.314 e. The maximum atomic E-state index is 11.1. The second-order valence-corrected chi connectivity index (χ2v) is 4.44. The van der Waals surface area contributed by atoms with Crippen LogP contribution in [0.1, 0.15) is 11.1 Å². The van der Waals surface area contributed by atoms with Crippen molar-refractivity contribution < 1.29 is 9.66 Å². The molecule has 1 aromatic heterocycles. The van der Waals surface area contributed by atoms with E-state index in [4.69, 9.17) is 16.3 Å². The van der Waals surface area contributed by atoms with E-state index in [1.54, 1.807) is 38.2 Å². The molecule has 98 valence electrons. The van der Waals surface area contributed by atoms with E-state index < -0.39 is 4.92 Å². The number of aryl methyl sites for hydroxylation is 2. The van der Waals surface area contributed by atoms with E-state index in [0.717, 1.165) is 5.56 Å². The van der Waals surface area contributed by atoms with Gasteiger partial charge in [0.2, 0.25) is 5.75 Å². The van der Waals surface area contributed by atoms with Gasteiger partial charge in [-0.3, -0.25) is 10.1 Å². The number of halogens is 1. The molecule has 1 heterocycles. The Morgan fingerprint density at radius 2 is 2.00 bits per heavy atom. The molecule has 19 heavy (non-hydrogen) atoms. The van der Waals surface area contributed by atoms with Gasteiger partial charge in [0.25, 0.3) is 0 Å². The van der Waals surface area contributed by atoms with E-state index in [1.807, 2.05) is 0 Å². The minimum atomic E-state index is -0.456. The number of pyridine rings is 1. The van der Waals surface area contributed by atoms with Crippen LogP contribution >= 0.6 is 11.6 Å². The Balaban J connectivity index is 2.46. The van der Waals surface area contributed by atoms with Gasteiger partial charge in [0.05, 0.1) is 4.92 Å². The number of hydrogen-bond acceptors (Lipinski definition) is 4. The van der Waals surface area contributed by atoms with Crippen LogP contribution in [0, 0.1) is 24.0 Å². The summed E-state index contributed by atoms with van der Waals surface area (Å²) in [6, 6.07) is 6.45. The fraction of sp³-hybridized carbons (Fsp3) is 0.154. The van der Waals surface area contributed by atoms with Gasteiger partial charge in [0.15, 0.2) is 0 Å². The molecule has 0 fully saturated rings. The van der Waals surface area contributed by atoms with Crippen molar-refractivity contribution in [3.05, 3.63) is 56.9 Å². The third-order valence-corrected chi connectivity index (χ3v) is 2.83. The van der Waals surface area contributed by atoms with Crippen LogP contribution in [0.25, 0.3) is 0 Å². The molecule has 2 rings (SSSR count). The number of aromatic nitrogens is 1. The maximum Gasteiger partial charge on any atom is 0.314 e. The topological polar surface area (TPSA) is 65.3 Å². The van der Waals surface area contributed by atoms with Gasteiger partial charge in [-0.05, 0) is 19.9 Å². The fourth-order valence-electron chi connectivity index (χ4n) is 1.66. The number of para-hydroxylation sites is 1. The molecule has 0 aliphatic heterocycles. The standard InChI is InChI=1S/C13H11ClN2O3/c1-8-4-3-5-10(13(8)16(17)18)19-11-6-12(14)15-7-9(11)2/h3-7H,1-2H3. The Bertz CT molecular complexity index is 644. The lowest BCUT2D eigenvalue weighted by atomic mass is 10.2. The average Bonchev–Trinajstić information content (AvgIpc) is 2.33. The van der Waals surface area contributed by atoms with Gasteiger partial charge in [0, 0.05) is 23.4 Å². The van der Waals surface area contributed by atoms with Crippen LogP contribution in [-0.2, 0) is 0 Å². The van der Waals surface area contributed by atoms with E-state index in [9.17, 15) is 10.1 Å². The summed E-state index contributed by atoms with van der Waals surface area (Å²) < 4.78 is 5.60. The summed E-state index contributed by atoms with van der Waals surface area (Å²) in [5.74, 6) is 0.643. The van der Waals surface area contributed by atoms with Crippen molar-refractivity contribution in [3.63, 3.8) is 0 Å². The molecule has 0 spiro atoms. The number of rotatable bonds is 3. The zero-order chi connectivity index (χ0) is 14.0. The summed E-state index contributed by atoms with van der Waals surface area (Å²) >= 11 is 5.79. The molecule has 0 bridgehead atoms. The van der Waals surface area contributed by atoms with E-state index in [2.05, 4.69) is 4.98 Å². The van der Waals surface area contributed by atoms with Gasteiger partial charge in [-0.2, -0.15) is 0 Å². The van der Waals surface area contributed by atoms with Crippen LogP contribution < -0.4 is 4.74 Å². The van der Waals surface area contributed by atoms with Crippen LogP contribution in [0.4, 0.5) is 5.69 Å². The minimum absolute atomic E-state index is 0.0464. The second kappa shape index (κ2) is 5.24. The molecule has 0 unspecified atom stereocenters. The molecule has 2 aromatic rings. The Kier molecular flexibility index (Phi) is 3.66. The molecule has 0 aliphatic rings. The largest absolute Gasteiger partial charge is 0.450 e. The van der Waals surface area contributed by atoms with E-state index >= 15 is 0 Å². The van der Waals surface area contributed by atoms with Crippen LogP contribution in [0.5, 0.6) is 11.5 Å². The van der Waals surface area contributed by atoms with Crippen molar-refractivity contribution >= 4 is 17.3 Å². The van der Waals surface area contributed by atoms with Crippen molar-refractivity contribution in [1.29, 1.82) is 0 Å². The first kappa shape index (κ1) is 13.3. The van der Waals surface area contributed by atoms with Crippen LogP contribution in [-0.4, -0.2) is 9.91 Å². The highest BCUT2D eigenvalue weighted by atomic mass is 35.5. The summed E-state index contributed by atoms with van der Waals surface area (Å²) in [6.07, 6.45) is 1.55. The van der Waals surface area contributed by atoms with Gasteiger partial charge < -0.3 is 4.74 Å². The third kappa shape index (κ3) is 2.82. The van der Waals surface area contributed by atoms with E-state index in [0.29, 0.717) is 11.3 Å². The first-order valence-corrected chi connectivity index (χ1v) is 5.91. The second-order valence-electron chi connectivity index (χ2n) is 4.05. The molecule has 0 N–H and O–H groups in total. The Labute approximate surface area is 115 Å². The van der Waals surface area contributed by atoms with E-state index in [1.165, 1.54) is 6.07 Å². The van der Waals surface area contributed by atoms with Crippen molar-refractivity contribution in [2.45, 2.75) is 13.8 Å². The number of benzene rings is 1. The number of nitrogens with zero attached hydrogens (tertiary/aromatic N) is 2. The maximum absolute atomic E-state index is 11.1. The molecule has 6 heteroatoms. The lowest BCUT2D eigenvalue weighted by molar-refractivity contribution is -0.386. The van der Waals surface area contributed by atoms with Gasteiger partial charge in [0.1, 0.15) is 10.9 Å². The normalized spacial score (nSPS) is 10.3. The number of hydrogen-bond donors (Lipinski definition) is 0. The molecular formula is C13H11ClN2O3. The van der Waals surface area contributed by atoms with Crippen molar-refractivity contribution in [2.75, 3.05) is 0 Å². The quantitative estimate of drug-likeness (QED) is 0.482. The van der Waals surface area contributed by atoms with Crippen molar-refractivity contribution in [3.8, 4) is 11.5 Å². The lowest BCUT2D eigenvalue weighted by Gasteiger charge is -2.09. The summed E-state index contributed by atoms with van der Waals surface area (Å²) in [5.41, 5.74) is 1.25. The summed E-state index contributed by atoms with van der Waals surface area (Å²) in [5, 5.41) is 11.3. The molecule has 0 amide bonds. The first-order chi connectivity index (χ1) is 8.99.